The smallest absolute Gasteiger partial charge is 0.410 e. The predicted octanol–water partition coefficient (Wildman–Crippen LogP) is 9.49. The van der Waals surface area contributed by atoms with Crippen LogP contribution in [0.3, 0.4) is 0 Å². The van der Waals surface area contributed by atoms with Crippen LogP contribution >= 0.6 is 0 Å². The van der Waals surface area contributed by atoms with E-state index in [2.05, 4.69) is 94.6 Å². The van der Waals surface area contributed by atoms with Gasteiger partial charge in [-0.15, -0.1) is 0 Å². The van der Waals surface area contributed by atoms with E-state index in [9.17, 15) is 9.59 Å². The third-order valence-electron chi connectivity index (χ3n) is 11.6. The molecule has 2 aliphatic rings. The van der Waals surface area contributed by atoms with E-state index in [1.54, 1.807) is 4.90 Å². The minimum absolute atomic E-state index is 0.0163. The number of hydrogen-bond acceptors (Lipinski definition) is 6. The number of carbonyl (C=O) groups is 2. The summed E-state index contributed by atoms with van der Waals surface area (Å²) in [4.78, 5) is 35.9. The van der Waals surface area contributed by atoms with E-state index in [-0.39, 0.29) is 24.7 Å². The Bertz CT molecular complexity index is 2450. The molecular weight excluding hydrogens is 723 g/mol. The van der Waals surface area contributed by atoms with E-state index < -0.39 is 11.0 Å². The van der Waals surface area contributed by atoms with Gasteiger partial charge in [-0.3, -0.25) is 4.79 Å². The third-order valence-corrected chi connectivity index (χ3v) is 11.6. The molecule has 2 fully saturated rings. The van der Waals surface area contributed by atoms with Gasteiger partial charge in [0.1, 0.15) is 17.8 Å². The molecule has 9 rings (SSSR count). The van der Waals surface area contributed by atoms with Gasteiger partial charge in [-0.1, -0.05) is 121 Å². The number of anilines is 1. The molecule has 0 N–H and O–H groups in total. The molecule has 2 amide bonds. The Balaban J connectivity index is 1.14. The summed E-state index contributed by atoms with van der Waals surface area (Å²) in [6.45, 7) is 5.52. The van der Waals surface area contributed by atoms with Crippen LogP contribution in [0.4, 0.5) is 10.5 Å². The molecule has 0 bridgehead atoms. The highest BCUT2D eigenvalue weighted by Gasteiger charge is 2.52. The Morgan fingerprint density at radius 2 is 1.36 bits per heavy atom. The second-order valence-corrected chi connectivity index (χ2v) is 15.5. The average molecular weight is 768 g/mol. The standard InChI is InChI=1S/C49H45N5O4/c1-35(2)58-44-26-23-37(32-50-44)45-42-31-41(53-30-28-48(46(53)55)27-29-52(34-48)47(56)57-33-36-15-7-3-8-16-36)24-25-43(42)54(51-45)49(38-17-9-4-10-18-38,39-19-11-5-12-20-39)40-21-13-6-14-22-40/h3-26,31-32,35H,27-30,33-34H2,1-2H3/t48-/m0/s1. The van der Waals surface area contributed by atoms with Crippen molar-refractivity contribution < 1.29 is 19.1 Å². The normalized spacial score (nSPS) is 16.8. The monoisotopic (exact) mass is 767 g/mol. The number of benzene rings is 5. The van der Waals surface area contributed by atoms with Crippen molar-refractivity contribution in [2.24, 2.45) is 5.41 Å². The first-order valence-corrected chi connectivity index (χ1v) is 20.0. The van der Waals surface area contributed by atoms with Gasteiger partial charge in [0.05, 0.1) is 17.0 Å². The predicted molar refractivity (Wildman–Crippen MR) is 226 cm³/mol. The lowest BCUT2D eigenvalue weighted by molar-refractivity contribution is -0.124. The van der Waals surface area contributed by atoms with Crippen molar-refractivity contribution in [2.45, 2.75) is 44.9 Å². The Morgan fingerprint density at radius 3 is 1.95 bits per heavy atom. The first-order valence-electron chi connectivity index (χ1n) is 20.0. The van der Waals surface area contributed by atoms with Crippen LogP contribution < -0.4 is 9.64 Å². The van der Waals surface area contributed by atoms with E-state index in [0.29, 0.717) is 38.4 Å². The molecule has 0 saturated carbocycles. The number of pyridine rings is 1. The fourth-order valence-corrected chi connectivity index (χ4v) is 8.76. The van der Waals surface area contributed by atoms with Crippen molar-refractivity contribution in [1.29, 1.82) is 0 Å². The molecule has 0 aliphatic carbocycles. The molecule has 0 unspecified atom stereocenters. The number of likely N-dealkylation sites (tertiary alicyclic amines) is 1. The van der Waals surface area contributed by atoms with E-state index in [0.717, 1.165) is 50.1 Å². The number of aromatic nitrogens is 3. The number of nitrogens with zero attached hydrogens (tertiary/aromatic N) is 5. The van der Waals surface area contributed by atoms with E-state index in [1.807, 2.05) is 91.7 Å². The largest absolute Gasteiger partial charge is 0.475 e. The fourth-order valence-electron chi connectivity index (χ4n) is 8.76. The van der Waals surface area contributed by atoms with Crippen molar-refractivity contribution in [3.8, 4) is 17.1 Å². The van der Waals surface area contributed by atoms with Crippen molar-refractivity contribution in [1.82, 2.24) is 19.7 Å². The van der Waals surface area contributed by atoms with Crippen LogP contribution in [0.5, 0.6) is 5.88 Å². The SMILES string of the molecule is CC(C)Oc1ccc(-c2nn(C(c3ccccc3)(c3ccccc3)c3ccccc3)c3ccc(N4CC[C@]5(CCN(C(=O)OCc6ccccc6)C5)C4=O)cc23)cn1. The Hall–Kier alpha value is -6.74. The van der Waals surface area contributed by atoms with Crippen molar-refractivity contribution in [3.63, 3.8) is 0 Å². The first kappa shape index (κ1) is 36.9. The molecule has 1 spiro atoms. The summed E-state index contributed by atoms with van der Waals surface area (Å²) in [6.07, 6.45) is 2.66. The zero-order chi connectivity index (χ0) is 39.7. The maximum Gasteiger partial charge on any atom is 0.410 e. The van der Waals surface area contributed by atoms with Crippen LogP contribution in [0.2, 0.25) is 0 Å². The van der Waals surface area contributed by atoms with Crippen LogP contribution in [0.25, 0.3) is 22.2 Å². The lowest BCUT2D eigenvalue weighted by Crippen LogP contribution is -2.39. The van der Waals surface area contributed by atoms with Crippen molar-refractivity contribution >= 4 is 28.6 Å². The first-order chi connectivity index (χ1) is 28.4. The topological polar surface area (TPSA) is 89.8 Å². The van der Waals surface area contributed by atoms with Gasteiger partial charge in [0.2, 0.25) is 11.8 Å². The van der Waals surface area contributed by atoms with Gasteiger partial charge in [-0.25, -0.2) is 14.5 Å². The highest BCUT2D eigenvalue weighted by molar-refractivity contribution is 6.04. The molecule has 2 aromatic heterocycles. The van der Waals surface area contributed by atoms with Gasteiger partial charge < -0.3 is 19.3 Å². The van der Waals surface area contributed by atoms with Crippen LogP contribution in [-0.4, -0.2) is 57.4 Å². The molecule has 58 heavy (non-hydrogen) atoms. The zero-order valence-corrected chi connectivity index (χ0v) is 32.7. The van der Waals surface area contributed by atoms with Crippen LogP contribution in [-0.2, 0) is 21.7 Å². The number of amides is 2. The van der Waals surface area contributed by atoms with Gasteiger partial charge in [0, 0.05) is 48.5 Å². The lowest BCUT2D eigenvalue weighted by Gasteiger charge is -2.37. The molecule has 9 heteroatoms. The fraction of sp³-hybridized carbons (Fsp3) is 0.224. The summed E-state index contributed by atoms with van der Waals surface area (Å²) in [5, 5.41) is 6.44. The summed E-state index contributed by atoms with van der Waals surface area (Å²) in [6, 6.07) is 51.2. The summed E-state index contributed by atoms with van der Waals surface area (Å²) >= 11 is 0. The van der Waals surface area contributed by atoms with Gasteiger partial charge in [-0.2, -0.15) is 5.10 Å². The van der Waals surface area contributed by atoms with E-state index in [4.69, 9.17) is 14.6 Å². The van der Waals surface area contributed by atoms with E-state index >= 15 is 0 Å². The number of fused-ring (bicyclic) bond motifs is 1. The molecule has 9 nitrogen and oxygen atoms in total. The van der Waals surface area contributed by atoms with Gasteiger partial charge in [-0.05, 0) is 73.2 Å². The van der Waals surface area contributed by atoms with Crippen molar-refractivity contribution in [3.05, 3.63) is 180 Å². The summed E-state index contributed by atoms with van der Waals surface area (Å²) in [7, 11) is 0. The number of ether oxygens (including phenoxy) is 2. The van der Waals surface area contributed by atoms with Crippen molar-refractivity contribution in [2.75, 3.05) is 24.5 Å². The Morgan fingerprint density at radius 1 is 0.759 bits per heavy atom. The molecule has 1 atom stereocenters. The maximum absolute atomic E-state index is 14.5. The molecule has 2 saturated heterocycles. The molecule has 0 radical (unpaired) electrons. The van der Waals surface area contributed by atoms with E-state index in [1.165, 1.54) is 0 Å². The third kappa shape index (κ3) is 6.56. The summed E-state index contributed by atoms with van der Waals surface area (Å²) < 4.78 is 13.7. The maximum atomic E-state index is 14.5. The molecule has 2 aliphatic heterocycles. The summed E-state index contributed by atoms with van der Waals surface area (Å²) in [5.74, 6) is 0.570. The van der Waals surface area contributed by atoms with Gasteiger partial charge >= 0.3 is 6.09 Å². The van der Waals surface area contributed by atoms with Crippen LogP contribution in [0, 0.1) is 5.41 Å². The minimum atomic E-state index is -0.869. The quantitative estimate of drug-likeness (QED) is 0.129. The molecule has 7 aromatic rings. The molecule has 4 heterocycles. The molecule has 290 valence electrons. The Kier molecular flexibility index (Phi) is 9.73. The van der Waals surface area contributed by atoms with Gasteiger partial charge in [0.25, 0.3) is 0 Å². The number of rotatable bonds is 10. The van der Waals surface area contributed by atoms with Gasteiger partial charge in [0.15, 0.2) is 0 Å². The number of hydrogen-bond donors (Lipinski definition) is 0. The summed E-state index contributed by atoms with van der Waals surface area (Å²) in [5.41, 5.74) is 5.80. The second-order valence-electron chi connectivity index (χ2n) is 15.5. The average Bonchev–Trinajstić information content (AvgIpc) is 3.97. The second kappa shape index (κ2) is 15.3. The van der Waals surface area contributed by atoms with Crippen LogP contribution in [0.15, 0.2) is 158 Å². The highest BCUT2D eigenvalue weighted by Crippen LogP contribution is 2.46. The molecular formula is C49H45N5O4. The highest BCUT2D eigenvalue weighted by atomic mass is 16.6. The Labute approximate surface area is 338 Å². The minimum Gasteiger partial charge on any atom is -0.475 e. The zero-order valence-electron chi connectivity index (χ0n) is 32.7. The number of carbonyl (C=O) groups excluding carboxylic acids is 2. The molecule has 5 aromatic carbocycles. The lowest BCUT2D eigenvalue weighted by atomic mass is 9.77. The van der Waals surface area contributed by atoms with Crippen LogP contribution in [0.1, 0.15) is 48.9 Å².